The van der Waals surface area contributed by atoms with E-state index in [9.17, 15) is 19.5 Å². The molecular weight excluding hydrogens is 450 g/mol. The lowest BCUT2D eigenvalue weighted by Gasteiger charge is -2.25. The van der Waals surface area contributed by atoms with E-state index in [0.717, 1.165) is 5.56 Å². The van der Waals surface area contributed by atoms with E-state index in [1.165, 1.54) is 11.8 Å². The molecule has 0 spiro atoms. The average Bonchev–Trinajstić information content (AvgIpc) is 3.05. The first-order chi connectivity index (χ1) is 16.6. The number of carbonyl (C=O) groups is 3. The van der Waals surface area contributed by atoms with Crippen LogP contribution in [-0.4, -0.2) is 54.0 Å². The number of nitrogens with zero attached hydrogens (tertiary/aromatic N) is 1. The highest BCUT2D eigenvalue weighted by molar-refractivity contribution is 6.46. The van der Waals surface area contributed by atoms with Crippen LogP contribution in [0.3, 0.4) is 0 Å². The summed E-state index contributed by atoms with van der Waals surface area (Å²) in [6.07, 6.45) is 0.506. The predicted molar refractivity (Wildman–Crippen MR) is 130 cm³/mol. The summed E-state index contributed by atoms with van der Waals surface area (Å²) in [5, 5.41) is 11.2. The van der Waals surface area contributed by atoms with Gasteiger partial charge >= 0.3 is 5.97 Å². The zero-order valence-electron chi connectivity index (χ0n) is 20.7. The molecule has 1 aliphatic rings. The number of ketones is 1. The lowest BCUT2D eigenvalue weighted by molar-refractivity contribution is -0.140. The van der Waals surface area contributed by atoms with E-state index >= 15 is 0 Å². The summed E-state index contributed by atoms with van der Waals surface area (Å²) < 4.78 is 16.0. The molecule has 0 saturated carbocycles. The number of aryl methyl sites for hydroxylation is 1. The molecule has 1 amide bonds. The van der Waals surface area contributed by atoms with Gasteiger partial charge in [-0.3, -0.25) is 14.4 Å². The number of hydrogen-bond donors (Lipinski definition) is 1. The average molecular weight is 482 g/mol. The third kappa shape index (κ3) is 5.89. The van der Waals surface area contributed by atoms with Gasteiger partial charge in [-0.15, -0.1) is 0 Å². The quantitative estimate of drug-likeness (QED) is 0.143. The van der Waals surface area contributed by atoms with Gasteiger partial charge in [-0.1, -0.05) is 12.1 Å². The maximum absolute atomic E-state index is 13.1. The molecule has 0 radical (unpaired) electrons. The molecule has 3 rings (SSSR count). The largest absolute Gasteiger partial charge is 0.507 e. The van der Waals surface area contributed by atoms with E-state index in [-0.39, 0.29) is 24.0 Å². The molecule has 0 aromatic heterocycles. The number of aliphatic hydroxyl groups is 1. The number of aliphatic hydroxyl groups excluding tert-OH is 1. The van der Waals surface area contributed by atoms with Crippen LogP contribution in [0.2, 0.25) is 0 Å². The summed E-state index contributed by atoms with van der Waals surface area (Å²) in [6, 6.07) is 10.9. The van der Waals surface area contributed by atoms with Crippen molar-refractivity contribution in [2.75, 3.05) is 20.3 Å². The number of esters is 1. The fourth-order valence-corrected chi connectivity index (χ4v) is 4.06. The van der Waals surface area contributed by atoms with Crippen molar-refractivity contribution in [2.24, 2.45) is 0 Å². The molecule has 8 nitrogen and oxygen atoms in total. The summed E-state index contributed by atoms with van der Waals surface area (Å²) in [7, 11) is 1.56. The van der Waals surface area contributed by atoms with Crippen LogP contribution >= 0.6 is 0 Å². The molecule has 1 heterocycles. The van der Waals surface area contributed by atoms with Crippen LogP contribution < -0.4 is 9.47 Å². The van der Waals surface area contributed by atoms with Crippen molar-refractivity contribution in [2.45, 2.75) is 46.3 Å². The van der Waals surface area contributed by atoms with Gasteiger partial charge in [0.05, 0.1) is 17.7 Å². The van der Waals surface area contributed by atoms with Crippen LogP contribution in [0.5, 0.6) is 11.5 Å². The molecule has 0 bridgehead atoms. The molecule has 1 aliphatic heterocycles. The van der Waals surface area contributed by atoms with Crippen molar-refractivity contribution < 1.29 is 33.7 Å². The number of methoxy groups -OCH3 is 1. The predicted octanol–water partition coefficient (Wildman–Crippen LogP) is 4.17. The molecule has 35 heavy (non-hydrogen) atoms. The van der Waals surface area contributed by atoms with Gasteiger partial charge in [-0.2, -0.15) is 0 Å². The number of Topliss-reactive ketones (excluding diaryl/α,β-unsaturated/α-hetero) is 1. The normalized spacial score (nSPS) is 17.2. The molecule has 186 valence electrons. The monoisotopic (exact) mass is 481 g/mol. The van der Waals surface area contributed by atoms with E-state index < -0.39 is 23.7 Å². The van der Waals surface area contributed by atoms with Crippen molar-refractivity contribution in [3.63, 3.8) is 0 Å². The zero-order valence-corrected chi connectivity index (χ0v) is 20.7. The third-order valence-electron chi connectivity index (χ3n) is 5.56. The maximum atomic E-state index is 13.1. The van der Waals surface area contributed by atoms with E-state index in [0.29, 0.717) is 35.7 Å². The van der Waals surface area contributed by atoms with Gasteiger partial charge in [0.2, 0.25) is 0 Å². The molecule has 0 aliphatic carbocycles. The van der Waals surface area contributed by atoms with Gasteiger partial charge in [-0.25, -0.2) is 0 Å². The van der Waals surface area contributed by atoms with Gasteiger partial charge in [0.1, 0.15) is 17.3 Å². The topological polar surface area (TPSA) is 102 Å². The molecule has 1 saturated heterocycles. The van der Waals surface area contributed by atoms with Crippen LogP contribution in [0.25, 0.3) is 5.76 Å². The minimum atomic E-state index is -0.801. The van der Waals surface area contributed by atoms with Crippen molar-refractivity contribution in [3.8, 4) is 11.5 Å². The number of rotatable bonds is 9. The Balaban J connectivity index is 2.08. The summed E-state index contributed by atoms with van der Waals surface area (Å²) in [5.41, 5.74) is 1.81. The van der Waals surface area contributed by atoms with Gasteiger partial charge in [0.25, 0.3) is 11.7 Å². The second kappa shape index (κ2) is 11.2. The Bertz CT molecular complexity index is 1130. The number of likely N-dealkylation sites (tertiary alicyclic amines) is 1. The zero-order chi connectivity index (χ0) is 25.7. The molecule has 8 heteroatoms. The minimum absolute atomic E-state index is 0.00424. The second-order valence-corrected chi connectivity index (χ2v) is 8.65. The Morgan fingerprint density at radius 2 is 1.80 bits per heavy atom. The van der Waals surface area contributed by atoms with Gasteiger partial charge in [-0.05, 0) is 68.7 Å². The van der Waals surface area contributed by atoms with E-state index in [1.807, 2.05) is 20.8 Å². The minimum Gasteiger partial charge on any atom is -0.507 e. The van der Waals surface area contributed by atoms with Crippen molar-refractivity contribution in [1.29, 1.82) is 0 Å². The summed E-state index contributed by atoms with van der Waals surface area (Å²) in [4.78, 5) is 38.8. The highest BCUT2D eigenvalue weighted by Gasteiger charge is 2.45. The van der Waals surface area contributed by atoms with Gasteiger partial charge < -0.3 is 24.2 Å². The van der Waals surface area contributed by atoms with Crippen LogP contribution in [0.4, 0.5) is 0 Å². The number of amides is 1. The van der Waals surface area contributed by atoms with Crippen molar-refractivity contribution >= 4 is 23.4 Å². The second-order valence-electron chi connectivity index (χ2n) is 8.65. The van der Waals surface area contributed by atoms with E-state index in [1.54, 1.807) is 49.6 Å². The highest BCUT2D eigenvalue weighted by atomic mass is 16.5. The van der Waals surface area contributed by atoms with Crippen LogP contribution in [0.1, 0.15) is 49.9 Å². The SMILES string of the molecule is COCCCN1C(=O)C(=O)/C(=C(\O)c2ccc(OC(C)C)c(C)c2)C1c1ccc(OC(C)=O)cc1. The van der Waals surface area contributed by atoms with Crippen LogP contribution in [0.15, 0.2) is 48.0 Å². The fraction of sp³-hybridized carbons (Fsp3) is 0.370. The lowest BCUT2D eigenvalue weighted by Crippen LogP contribution is -2.31. The number of benzene rings is 2. The Hall–Kier alpha value is -3.65. The molecule has 1 N–H and O–H groups in total. The number of hydrogen-bond acceptors (Lipinski definition) is 7. The first kappa shape index (κ1) is 26.0. The molecule has 1 fully saturated rings. The standard InChI is InChI=1S/C27H31NO7/c1-16(2)34-22-12-9-20(15-17(22)3)25(30)23-24(19-7-10-21(11-8-19)35-18(4)29)28(13-6-14-33-5)27(32)26(23)31/h7-12,15-16,24,30H,6,13-14H2,1-5H3/b25-23-. The Kier molecular flexibility index (Phi) is 8.30. The summed E-state index contributed by atoms with van der Waals surface area (Å²) in [5.74, 6) is -1.14. The lowest BCUT2D eigenvalue weighted by atomic mass is 9.94. The third-order valence-corrected chi connectivity index (χ3v) is 5.56. The summed E-state index contributed by atoms with van der Waals surface area (Å²) >= 11 is 0. The Morgan fingerprint density at radius 3 is 2.37 bits per heavy atom. The van der Waals surface area contributed by atoms with Crippen molar-refractivity contribution in [1.82, 2.24) is 4.90 Å². The maximum Gasteiger partial charge on any atom is 0.308 e. The molecule has 1 atom stereocenters. The Morgan fingerprint density at radius 1 is 1.11 bits per heavy atom. The summed E-state index contributed by atoms with van der Waals surface area (Å²) in [6.45, 7) is 7.68. The van der Waals surface area contributed by atoms with E-state index in [2.05, 4.69) is 0 Å². The smallest absolute Gasteiger partial charge is 0.308 e. The van der Waals surface area contributed by atoms with Crippen molar-refractivity contribution in [3.05, 3.63) is 64.7 Å². The fourth-order valence-electron chi connectivity index (χ4n) is 4.06. The first-order valence-corrected chi connectivity index (χ1v) is 11.5. The first-order valence-electron chi connectivity index (χ1n) is 11.5. The van der Waals surface area contributed by atoms with Crippen LogP contribution in [0, 0.1) is 6.92 Å². The molecular formula is C27H31NO7. The van der Waals surface area contributed by atoms with E-state index in [4.69, 9.17) is 14.2 Å². The Labute approximate surface area is 205 Å². The van der Waals surface area contributed by atoms with Crippen LogP contribution in [-0.2, 0) is 19.1 Å². The number of ether oxygens (including phenoxy) is 3. The number of carbonyl (C=O) groups excluding carboxylic acids is 3. The highest BCUT2D eigenvalue weighted by Crippen LogP contribution is 2.40. The molecule has 1 unspecified atom stereocenters. The van der Waals surface area contributed by atoms with Gasteiger partial charge in [0.15, 0.2) is 0 Å². The van der Waals surface area contributed by atoms with Gasteiger partial charge in [0, 0.05) is 32.7 Å². The molecule has 2 aromatic rings. The molecule has 2 aromatic carbocycles.